The van der Waals surface area contributed by atoms with Crippen LogP contribution in [-0.2, 0) is 19.1 Å². The van der Waals surface area contributed by atoms with E-state index in [0.717, 1.165) is 5.56 Å². The molecule has 31 heavy (non-hydrogen) atoms. The molecule has 0 radical (unpaired) electrons. The first-order valence-corrected chi connectivity index (χ1v) is 9.14. The summed E-state index contributed by atoms with van der Waals surface area (Å²) < 4.78 is 38.3. The molecule has 2 heterocycles. The normalized spacial score (nSPS) is 16.6. The third-order valence-electron chi connectivity index (χ3n) is 5.06. The van der Waals surface area contributed by atoms with Crippen LogP contribution in [0.15, 0.2) is 42.5 Å². The van der Waals surface area contributed by atoms with E-state index in [2.05, 4.69) is 20.6 Å². The zero-order valence-electron chi connectivity index (χ0n) is 16.1. The molecule has 3 aromatic rings. The molecule has 1 amide bonds. The van der Waals surface area contributed by atoms with Crippen molar-refractivity contribution in [3.05, 3.63) is 65.0 Å². The van der Waals surface area contributed by atoms with E-state index in [0.29, 0.717) is 13.0 Å². The monoisotopic (exact) mass is 476 g/mol. The predicted octanol–water partition coefficient (Wildman–Crippen LogP) is 3.23. The van der Waals surface area contributed by atoms with Crippen LogP contribution in [0.3, 0.4) is 0 Å². The number of imidazole rings is 1. The second-order valence-electron chi connectivity index (χ2n) is 7.05. The van der Waals surface area contributed by atoms with Gasteiger partial charge < -0.3 is 20.7 Å². The van der Waals surface area contributed by atoms with Crippen LogP contribution in [0.5, 0.6) is 0 Å². The van der Waals surface area contributed by atoms with Gasteiger partial charge in [0.2, 0.25) is 5.82 Å². The SMILES string of the molecule is Cl.Cl.O=C(NC[C@@H](O)[C@@H]1Cc2ccccc2CN1)c1ccc2nc(C(F)(F)F)[nH]c2c1. The van der Waals surface area contributed by atoms with Crippen molar-refractivity contribution in [3.63, 3.8) is 0 Å². The first-order valence-electron chi connectivity index (χ1n) is 9.14. The highest BCUT2D eigenvalue weighted by molar-refractivity contribution is 5.97. The Hall–Kier alpha value is -2.33. The molecule has 1 aliphatic heterocycles. The molecule has 0 saturated heterocycles. The van der Waals surface area contributed by atoms with Crippen LogP contribution in [0.1, 0.15) is 27.3 Å². The Morgan fingerprint density at radius 2 is 1.90 bits per heavy atom. The van der Waals surface area contributed by atoms with E-state index in [-0.39, 0.29) is 54.0 Å². The number of carbonyl (C=O) groups excluding carboxylic acids is 1. The van der Waals surface area contributed by atoms with Gasteiger partial charge in [-0.05, 0) is 35.7 Å². The summed E-state index contributed by atoms with van der Waals surface area (Å²) in [4.78, 5) is 18.0. The highest BCUT2D eigenvalue weighted by Gasteiger charge is 2.34. The van der Waals surface area contributed by atoms with Crippen LogP contribution < -0.4 is 10.6 Å². The number of benzene rings is 2. The second kappa shape index (κ2) is 9.86. The molecule has 0 unspecified atom stereocenters. The van der Waals surface area contributed by atoms with Crippen LogP contribution in [0.25, 0.3) is 11.0 Å². The van der Waals surface area contributed by atoms with E-state index in [4.69, 9.17) is 0 Å². The fourth-order valence-corrected chi connectivity index (χ4v) is 3.48. The average molecular weight is 477 g/mol. The van der Waals surface area contributed by atoms with Crippen LogP contribution in [-0.4, -0.2) is 39.7 Å². The number of hydrogen-bond acceptors (Lipinski definition) is 4. The number of rotatable bonds is 4. The largest absolute Gasteiger partial charge is 0.449 e. The van der Waals surface area contributed by atoms with Gasteiger partial charge >= 0.3 is 6.18 Å². The first kappa shape index (κ1) is 24.9. The molecule has 2 atom stereocenters. The van der Waals surface area contributed by atoms with Gasteiger partial charge in [0.15, 0.2) is 0 Å². The molecule has 1 aromatic heterocycles. The fourth-order valence-electron chi connectivity index (χ4n) is 3.48. The van der Waals surface area contributed by atoms with Crippen LogP contribution in [0.4, 0.5) is 13.2 Å². The van der Waals surface area contributed by atoms with E-state index < -0.39 is 24.0 Å². The van der Waals surface area contributed by atoms with Gasteiger partial charge in [0.1, 0.15) is 0 Å². The van der Waals surface area contributed by atoms with E-state index in [9.17, 15) is 23.1 Å². The number of carbonyl (C=O) groups is 1. The van der Waals surface area contributed by atoms with Crippen molar-refractivity contribution in [2.75, 3.05) is 6.54 Å². The fraction of sp³-hybridized carbons (Fsp3) is 0.300. The highest BCUT2D eigenvalue weighted by Crippen LogP contribution is 2.28. The molecule has 1 aliphatic rings. The summed E-state index contributed by atoms with van der Waals surface area (Å²) in [6, 6.07) is 11.8. The Balaban J connectivity index is 0.00000171. The summed E-state index contributed by atoms with van der Waals surface area (Å²) in [5.74, 6) is -1.59. The molecule has 0 saturated carbocycles. The minimum atomic E-state index is -4.59. The Morgan fingerprint density at radius 1 is 1.19 bits per heavy atom. The van der Waals surface area contributed by atoms with Gasteiger partial charge in [0, 0.05) is 24.7 Å². The van der Waals surface area contributed by atoms with E-state index in [1.807, 2.05) is 24.3 Å². The van der Waals surface area contributed by atoms with Gasteiger partial charge in [-0.3, -0.25) is 4.79 Å². The van der Waals surface area contributed by atoms with Crippen molar-refractivity contribution in [2.24, 2.45) is 0 Å². The van der Waals surface area contributed by atoms with Crippen LogP contribution in [0, 0.1) is 0 Å². The zero-order chi connectivity index (χ0) is 20.6. The van der Waals surface area contributed by atoms with Crippen LogP contribution in [0.2, 0.25) is 0 Å². The van der Waals surface area contributed by atoms with Gasteiger partial charge in [-0.1, -0.05) is 24.3 Å². The molecule has 0 spiro atoms. The van der Waals surface area contributed by atoms with Crippen molar-refractivity contribution in [1.29, 1.82) is 0 Å². The maximum absolute atomic E-state index is 12.8. The summed E-state index contributed by atoms with van der Waals surface area (Å²) in [6.07, 6.45) is -4.75. The molecule has 2 aromatic carbocycles. The zero-order valence-corrected chi connectivity index (χ0v) is 17.7. The van der Waals surface area contributed by atoms with Crippen molar-refractivity contribution >= 4 is 41.8 Å². The molecule has 6 nitrogen and oxygen atoms in total. The number of aliphatic hydroxyl groups excluding tert-OH is 1. The van der Waals surface area contributed by atoms with E-state index in [1.54, 1.807) is 0 Å². The minimum Gasteiger partial charge on any atom is -0.390 e. The number of amides is 1. The molecule has 11 heteroatoms. The lowest BCUT2D eigenvalue weighted by atomic mass is 9.93. The minimum absolute atomic E-state index is 0. The number of alkyl halides is 3. The predicted molar refractivity (Wildman–Crippen MR) is 115 cm³/mol. The number of hydrogen-bond donors (Lipinski definition) is 4. The topological polar surface area (TPSA) is 90.0 Å². The maximum atomic E-state index is 12.8. The van der Waals surface area contributed by atoms with Crippen molar-refractivity contribution in [1.82, 2.24) is 20.6 Å². The van der Waals surface area contributed by atoms with Gasteiger partial charge in [0.25, 0.3) is 5.91 Å². The smallest absolute Gasteiger partial charge is 0.390 e. The summed E-state index contributed by atoms with van der Waals surface area (Å²) in [5, 5.41) is 16.3. The highest BCUT2D eigenvalue weighted by atomic mass is 35.5. The van der Waals surface area contributed by atoms with Gasteiger partial charge in [-0.25, -0.2) is 4.98 Å². The maximum Gasteiger partial charge on any atom is 0.449 e. The molecule has 168 valence electrons. The number of aromatic nitrogens is 2. The van der Waals surface area contributed by atoms with Crippen LogP contribution >= 0.6 is 24.8 Å². The van der Waals surface area contributed by atoms with Crippen molar-refractivity contribution in [3.8, 4) is 0 Å². The number of halogens is 5. The third-order valence-corrected chi connectivity index (χ3v) is 5.06. The van der Waals surface area contributed by atoms with Crippen molar-refractivity contribution < 1.29 is 23.1 Å². The second-order valence-corrected chi connectivity index (χ2v) is 7.05. The summed E-state index contributed by atoms with van der Waals surface area (Å²) in [7, 11) is 0. The lowest BCUT2D eigenvalue weighted by Gasteiger charge is -2.30. The van der Waals surface area contributed by atoms with Gasteiger partial charge in [-0.2, -0.15) is 13.2 Å². The Kier molecular flexibility index (Phi) is 7.93. The molecule has 0 aliphatic carbocycles. The molecular formula is C20H21Cl2F3N4O2. The summed E-state index contributed by atoms with van der Waals surface area (Å²) in [5.41, 5.74) is 2.77. The van der Waals surface area contributed by atoms with Gasteiger partial charge in [-0.15, -0.1) is 24.8 Å². The number of aromatic amines is 1. The van der Waals surface area contributed by atoms with E-state index in [1.165, 1.54) is 23.8 Å². The molecule has 0 bridgehead atoms. The Morgan fingerprint density at radius 3 is 2.61 bits per heavy atom. The lowest BCUT2D eigenvalue weighted by Crippen LogP contribution is -2.49. The number of H-pyrrole nitrogens is 1. The number of fused-ring (bicyclic) bond motifs is 2. The molecule has 0 fully saturated rings. The molecule has 4 rings (SSSR count). The summed E-state index contributed by atoms with van der Waals surface area (Å²) in [6.45, 7) is 0.664. The summed E-state index contributed by atoms with van der Waals surface area (Å²) >= 11 is 0. The van der Waals surface area contributed by atoms with Crippen molar-refractivity contribution in [2.45, 2.75) is 31.3 Å². The number of aliphatic hydroxyl groups is 1. The van der Waals surface area contributed by atoms with Gasteiger partial charge in [0.05, 0.1) is 17.1 Å². The Bertz CT molecular complexity index is 1060. The quantitative estimate of drug-likeness (QED) is 0.465. The first-order chi connectivity index (χ1) is 13.8. The third kappa shape index (κ3) is 5.48. The standard InChI is InChI=1S/C20H19F3N4O2.2ClH/c21-20(22,23)19-26-14-6-5-12(8-15(14)27-19)18(29)25-10-17(28)16-7-11-3-1-2-4-13(11)9-24-16;;/h1-6,8,16-17,24,28H,7,9-10H2,(H,25,29)(H,26,27);2*1H/t16-,17+;;/m0../s1. The Labute approximate surface area is 188 Å². The molecule has 4 N–H and O–H groups in total. The average Bonchev–Trinajstić information content (AvgIpc) is 3.15. The van der Waals surface area contributed by atoms with E-state index >= 15 is 0 Å². The number of nitrogens with zero attached hydrogens (tertiary/aromatic N) is 1. The molecular weight excluding hydrogens is 456 g/mol. The lowest BCUT2D eigenvalue weighted by molar-refractivity contribution is -0.144. The number of nitrogens with one attached hydrogen (secondary N) is 3.